The molecule has 3 heterocycles. The second kappa shape index (κ2) is 6.55. The van der Waals surface area contributed by atoms with Gasteiger partial charge in [0, 0.05) is 24.5 Å². The molecule has 128 valence electrons. The largest absolute Gasteiger partial charge is 0.332 e. The number of nitrogens with one attached hydrogen (secondary N) is 1. The summed E-state index contributed by atoms with van der Waals surface area (Å²) in [7, 11) is 0. The van der Waals surface area contributed by atoms with Crippen LogP contribution in [-0.4, -0.2) is 43.4 Å². The van der Waals surface area contributed by atoms with E-state index in [1.54, 1.807) is 6.20 Å². The number of nitrogens with zero attached hydrogens (tertiary/aromatic N) is 4. The minimum atomic E-state index is 0.0157. The molecule has 0 unspecified atom stereocenters. The van der Waals surface area contributed by atoms with Crippen molar-refractivity contribution in [1.82, 2.24) is 24.9 Å². The van der Waals surface area contributed by atoms with Gasteiger partial charge >= 0.3 is 0 Å². The molecule has 1 N–H and O–H groups in total. The molecule has 6 nitrogen and oxygen atoms in total. The molecule has 1 aliphatic rings. The van der Waals surface area contributed by atoms with Crippen molar-refractivity contribution in [3.8, 4) is 11.3 Å². The van der Waals surface area contributed by atoms with Gasteiger partial charge in [-0.05, 0) is 37.5 Å². The number of H-pyrrole nitrogens is 1. The number of aryl methyl sites for hydroxylation is 1. The number of hydrogen-bond donors (Lipinski definition) is 1. The minimum absolute atomic E-state index is 0.0157. The zero-order valence-electron chi connectivity index (χ0n) is 14.2. The fourth-order valence-corrected chi connectivity index (χ4v) is 3.50. The monoisotopic (exact) mass is 335 g/mol. The van der Waals surface area contributed by atoms with Crippen LogP contribution in [0.2, 0.25) is 0 Å². The average Bonchev–Trinajstić information content (AvgIpc) is 3.37. The Hall–Kier alpha value is -2.89. The van der Waals surface area contributed by atoms with Crippen LogP contribution < -0.4 is 0 Å². The summed E-state index contributed by atoms with van der Waals surface area (Å²) in [6.45, 7) is 3.56. The SMILES string of the molecule is Cc1ccccc1-c1cc(C(=O)N2CCC[C@H]2Cn2cccn2)[nH]n1. The van der Waals surface area contributed by atoms with Gasteiger partial charge < -0.3 is 4.90 Å². The third kappa shape index (κ3) is 3.07. The Morgan fingerprint density at radius 1 is 1.32 bits per heavy atom. The van der Waals surface area contributed by atoms with Crippen LogP contribution in [0.1, 0.15) is 28.9 Å². The quantitative estimate of drug-likeness (QED) is 0.797. The van der Waals surface area contributed by atoms with Gasteiger partial charge in [-0.15, -0.1) is 0 Å². The second-order valence-corrected chi connectivity index (χ2v) is 6.50. The zero-order valence-corrected chi connectivity index (χ0v) is 14.2. The van der Waals surface area contributed by atoms with E-state index in [1.165, 1.54) is 0 Å². The highest BCUT2D eigenvalue weighted by Gasteiger charge is 2.30. The topological polar surface area (TPSA) is 66.8 Å². The molecule has 1 aromatic carbocycles. The fourth-order valence-electron chi connectivity index (χ4n) is 3.50. The van der Waals surface area contributed by atoms with Crippen molar-refractivity contribution in [2.75, 3.05) is 6.54 Å². The van der Waals surface area contributed by atoms with Crippen molar-refractivity contribution in [2.45, 2.75) is 32.4 Å². The van der Waals surface area contributed by atoms with E-state index in [-0.39, 0.29) is 11.9 Å². The molecular weight excluding hydrogens is 314 g/mol. The predicted octanol–water partition coefficient (Wildman–Crippen LogP) is 2.89. The molecule has 25 heavy (non-hydrogen) atoms. The van der Waals surface area contributed by atoms with Gasteiger partial charge in [-0.3, -0.25) is 14.6 Å². The molecule has 0 saturated carbocycles. The van der Waals surface area contributed by atoms with Crippen molar-refractivity contribution in [1.29, 1.82) is 0 Å². The number of aromatic nitrogens is 4. The highest BCUT2D eigenvalue weighted by molar-refractivity contribution is 5.93. The summed E-state index contributed by atoms with van der Waals surface area (Å²) in [4.78, 5) is 14.9. The van der Waals surface area contributed by atoms with E-state index in [9.17, 15) is 4.79 Å². The smallest absolute Gasteiger partial charge is 0.272 e. The molecule has 1 aliphatic heterocycles. The Kier molecular flexibility index (Phi) is 4.09. The lowest BCUT2D eigenvalue weighted by atomic mass is 10.1. The fraction of sp³-hybridized carbons (Fsp3) is 0.316. The van der Waals surface area contributed by atoms with E-state index in [0.717, 1.165) is 42.8 Å². The number of amides is 1. The summed E-state index contributed by atoms with van der Waals surface area (Å²) >= 11 is 0. The van der Waals surface area contributed by atoms with Crippen LogP contribution in [0.25, 0.3) is 11.3 Å². The standard InChI is InChI=1S/C19H21N5O/c1-14-6-2-3-8-16(14)17-12-18(22-21-17)19(25)24-11-4-7-15(24)13-23-10-5-9-20-23/h2-3,5-6,8-10,12,15H,4,7,11,13H2,1H3,(H,21,22)/t15-/m0/s1. The summed E-state index contributed by atoms with van der Waals surface area (Å²) in [5, 5.41) is 11.5. The molecule has 1 saturated heterocycles. The first-order chi connectivity index (χ1) is 12.2. The van der Waals surface area contributed by atoms with Gasteiger partial charge in [-0.1, -0.05) is 24.3 Å². The molecule has 0 aliphatic carbocycles. The van der Waals surface area contributed by atoms with Gasteiger partial charge in [0.2, 0.25) is 0 Å². The van der Waals surface area contributed by atoms with Gasteiger partial charge in [0.05, 0.1) is 18.3 Å². The molecule has 3 aromatic rings. The summed E-state index contributed by atoms with van der Waals surface area (Å²) < 4.78 is 1.89. The lowest BCUT2D eigenvalue weighted by Gasteiger charge is -2.24. The van der Waals surface area contributed by atoms with E-state index in [0.29, 0.717) is 5.69 Å². The van der Waals surface area contributed by atoms with E-state index >= 15 is 0 Å². The molecule has 4 rings (SSSR count). The van der Waals surface area contributed by atoms with E-state index in [1.807, 2.05) is 59.1 Å². The van der Waals surface area contributed by atoms with Crippen molar-refractivity contribution in [2.24, 2.45) is 0 Å². The summed E-state index contributed by atoms with van der Waals surface area (Å²) in [6, 6.07) is 12.0. The second-order valence-electron chi connectivity index (χ2n) is 6.50. The van der Waals surface area contributed by atoms with Crippen molar-refractivity contribution in [3.05, 3.63) is 60.0 Å². The number of hydrogen-bond acceptors (Lipinski definition) is 3. The Labute approximate surface area is 146 Å². The Balaban J connectivity index is 1.54. The molecule has 0 spiro atoms. The molecule has 1 atom stereocenters. The zero-order chi connectivity index (χ0) is 17.2. The van der Waals surface area contributed by atoms with Gasteiger partial charge in [0.1, 0.15) is 5.69 Å². The number of rotatable bonds is 4. The van der Waals surface area contributed by atoms with Crippen LogP contribution in [-0.2, 0) is 6.54 Å². The summed E-state index contributed by atoms with van der Waals surface area (Å²) in [6.07, 6.45) is 5.73. The number of benzene rings is 1. The van der Waals surface area contributed by atoms with Gasteiger partial charge in [0.25, 0.3) is 5.91 Å². The Morgan fingerprint density at radius 2 is 2.20 bits per heavy atom. The minimum Gasteiger partial charge on any atom is -0.332 e. The van der Waals surface area contributed by atoms with Crippen molar-refractivity contribution in [3.63, 3.8) is 0 Å². The number of aromatic amines is 1. The third-order valence-electron chi connectivity index (χ3n) is 4.82. The molecule has 2 aromatic heterocycles. The van der Waals surface area contributed by atoms with Crippen molar-refractivity contribution < 1.29 is 4.79 Å². The molecular formula is C19H21N5O. The highest BCUT2D eigenvalue weighted by atomic mass is 16.2. The van der Waals surface area contributed by atoms with E-state index in [2.05, 4.69) is 15.3 Å². The van der Waals surface area contributed by atoms with Gasteiger partial charge in [-0.25, -0.2) is 0 Å². The van der Waals surface area contributed by atoms with Crippen LogP contribution in [0.15, 0.2) is 48.8 Å². The van der Waals surface area contributed by atoms with Crippen LogP contribution in [0.3, 0.4) is 0 Å². The first-order valence-corrected chi connectivity index (χ1v) is 8.62. The van der Waals surface area contributed by atoms with Crippen LogP contribution in [0.5, 0.6) is 0 Å². The first kappa shape index (κ1) is 15.6. The first-order valence-electron chi connectivity index (χ1n) is 8.62. The molecule has 1 fully saturated rings. The van der Waals surface area contributed by atoms with Crippen LogP contribution >= 0.6 is 0 Å². The van der Waals surface area contributed by atoms with E-state index in [4.69, 9.17) is 0 Å². The van der Waals surface area contributed by atoms with Crippen molar-refractivity contribution >= 4 is 5.91 Å². The molecule has 0 radical (unpaired) electrons. The normalized spacial score (nSPS) is 17.2. The number of carbonyl (C=O) groups excluding carboxylic acids is 1. The average molecular weight is 335 g/mol. The maximum absolute atomic E-state index is 12.9. The Bertz CT molecular complexity index is 868. The lowest BCUT2D eigenvalue weighted by molar-refractivity contribution is 0.0715. The van der Waals surface area contributed by atoms with Gasteiger partial charge in [-0.2, -0.15) is 10.2 Å². The van der Waals surface area contributed by atoms with E-state index < -0.39 is 0 Å². The highest BCUT2D eigenvalue weighted by Crippen LogP contribution is 2.24. The summed E-state index contributed by atoms with van der Waals surface area (Å²) in [5.41, 5.74) is 3.55. The number of likely N-dealkylation sites (tertiary alicyclic amines) is 1. The third-order valence-corrected chi connectivity index (χ3v) is 4.82. The maximum atomic E-state index is 12.9. The van der Waals surface area contributed by atoms with Crippen LogP contribution in [0, 0.1) is 6.92 Å². The van der Waals surface area contributed by atoms with Gasteiger partial charge in [0.15, 0.2) is 0 Å². The maximum Gasteiger partial charge on any atom is 0.272 e. The Morgan fingerprint density at radius 3 is 3.00 bits per heavy atom. The molecule has 0 bridgehead atoms. The van der Waals surface area contributed by atoms with Crippen LogP contribution in [0.4, 0.5) is 0 Å². The predicted molar refractivity (Wildman–Crippen MR) is 95.0 cm³/mol. The molecule has 1 amide bonds. The lowest BCUT2D eigenvalue weighted by Crippen LogP contribution is -2.38. The number of carbonyl (C=O) groups is 1. The molecule has 6 heteroatoms. The summed E-state index contributed by atoms with van der Waals surface area (Å²) in [5.74, 6) is 0.0157.